The standard InChI is InChI=1S/C15H14FN3/c16-13-2-1-12-4-6-19(15(12)8-13)10-11-3-5-18-14(7-11)9-17/h1-8H,9-10,17H2. The summed E-state index contributed by atoms with van der Waals surface area (Å²) in [4.78, 5) is 4.17. The number of rotatable bonds is 3. The number of nitrogens with zero attached hydrogens (tertiary/aromatic N) is 2. The predicted octanol–water partition coefficient (Wildman–Crippen LogP) is 2.68. The SMILES string of the molecule is NCc1cc(Cn2ccc3ccc(F)cc32)ccn1. The maximum absolute atomic E-state index is 13.3. The van der Waals surface area contributed by atoms with Crippen molar-refractivity contribution < 1.29 is 4.39 Å². The molecule has 3 rings (SSSR count). The van der Waals surface area contributed by atoms with Crippen molar-refractivity contribution in [1.82, 2.24) is 9.55 Å². The highest BCUT2D eigenvalue weighted by Gasteiger charge is 2.04. The predicted molar refractivity (Wildman–Crippen MR) is 73.1 cm³/mol. The molecule has 0 aliphatic carbocycles. The summed E-state index contributed by atoms with van der Waals surface area (Å²) >= 11 is 0. The summed E-state index contributed by atoms with van der Waals surface area (Å²) in [5.41, 5.74) is 8.45. The fourth-order valence-electron chi connectivity index (χ4n) is 2.23. The summed E-state index contributed by atoms with van der Waals surface area (Å²) in [7, 11) is 0. The van der Waals surface area contributed by atoms with Crippen molar-refractivity contribution in [3.8, 4) is 0 Å². The molecule has 0 fully saturated rings. The quantitative estimate of drug-likeness (QED) is 0.782. The Morgan fingerprint density at radius 2 is 2.05 bits per heavy atom. The highest BCUT2D eigenvalue weighted by Crippen LogP contribution is 2.18. The lowest BCUT2D eigenvalue weighted by atomic mass is 10.2. The van der Waals surface area contributed by atoms with Crippen LogP contribution in [0.15, 0.2) is 48.8 Å². The number of hydrogen-bond acceptors (Lipinski definition) is 2. The van der Waals surface area contributed by atoms with Crippen molar-refractivity contribution >= 4 is 10.9 Å². The second-order valence-corrected chi connectivity index (χ2v) is 4.51. The Bertz CT molecular complexity index is 718. The van der Waals surface area contributed by atoms with E-state index < -0.39 is 0 Å². The van der Waals surface area contributed by atoms with Crippen molar-refractivity contribution in [3.05, 3.63) is 65.9 Å². The van der Waals surface area contributed by atoms with Crippen LogP contribution in [0.1, 0.15) is 11.3 Å². The Hall–Kier alpha value is -2.20. The number of aromatic nitrogens is 2. The van der Waals surface area contributed by atoms with E-state index in [9.17, 15) is 4.39 Å². The third-order valence-electron chi connectivity index (χ3n) is 3.18. The van der Waals surface area contributed by atoms with Gasteiger partial charge in [0.1, 0.15) is 5.82 Å². The van der Waals surface area contributed by atoms with E-state index in [1.54, 1.807) is 18.3 Å². The molecule has 0 amide bonds. The van der Waals surface area contributed by atoms with Crippen molar-refractivity contribution in [2.45, 2.75) is 13.1 Å². The summed E-state index contributed by atoms with van der Waals surface area (Å²) in [6.45, 7) is 1.11. The molecule has 0 spiro atoms. The van der Waals surface area contributed by atoms with Gasteiger partial charge in [0, 0.05) is 25.5 Å². The highest BCUT2D eigenvalue weighted by atomic mass is 19.1. The third kappa shape index (κ3) is 2.35. The van der Waals surface area contributed by atoms with E-state index in [0.29, 0.717) is 13.1 Å². The van der Waals surface area contributed by atoms with Crippen LogP contribution < -0.4 is 5.73 Å². The van der Waals surface area contributed by atoms with E-state index in [4.69, 9.17) is 5.73 Å². The van der Waals surface area contributed by atoms with Crippen molar-refractivity contribution in [1.29, 1.82) is 0 Å². The molecule has 1 aromatic carbocycles. The summed E-state index contributed by atoms with van der Waals surface area (Å²) in [5, 5.41) is 1.04. The van der Waals surface area contributed by atoms with Gasteiger partial charge in [0.05, 0.1) is 11.2 Å². The van der Waals surface area contributed by atoms with Crippen molar-refractivity contribution in [2.75, 3.05) is 0 Å². The molecule has 0 aliphatic heterocycles. The second-order valence-electron chi connectivity index (χ2n) is 4.51. The lowest BCUT2D eigenvalue weighted by Gasteiger charge is -2.07. The van der Waals surface area contributed by atoms with E-state index in [1.165, 1.54) is 6.07 Å². The van der Waals surface area contributed by atoms with Crippen LogP contribution in [0, 0.1) is 5.82 Å². The lowest BCUT2D eigenvalue weighted by molar-refractivity contribution is 0.628. The van der Waals surface area contributed by atoms with E-state index in [1.807, 2.05) is 29.0 Å². The average molecular weight is 255 g/mol. The van der Waals surface area contributed by atoms with E-state index in [0.717, 1.165) is 22.2 Å². The number of pyridine rings is 1. The maximum atomic E-state index is 13.3. The van der Waals surface area contributed by atoms with Crippen LogP contribution in [-0.2, 0) is 13.1 Å². The summed E-state index contributed by atoms with van der Waals surface area (Å²) in [5.74, 6) is -0.218. The first-order chi connectivity index (χ1) is 9.26. The molecule has 4 heteroatoms. The van der Waals surface area contributed by atoms with Gasteiger partial charge < -0.3 is 10.3 Å². The Labute approximate surface area is 110 Å². The topological polar surface area (TPSA) is 43.8 Å². The molecule has 3 nitrogen and oxygen atoms in total. The fourth-order valence-corrected chi connectivity index (χ4v) is 2.23. The third-order valence-corrected chi connectivity index (χ3v) is 3.18. The van der Waals surface area contributed by atoms with Crippen LogP contribution >= 0.6 is 0 Å². The molecule has 0 saturated heterocycles. The number of hydrogen-bond donors (Lipinski definition) is 1. The molecule has 0 unspecified atom stereocenters. The van der Waals surface area contributed by atoms with Crippen LogP contribution in [-0.4, -0.2) is 9.55 Å². The molecule has 0 aliphatic rings. The molecule has 96 valence electrons. The van der Waals surface area contributed by atoms with Gasteiger partial charge in [0.2, 0.25) is 0 Å². The van der Waals surface area contributed by atoms with E-state index in [-0.39, 0.29) is 5.82 Å². The molecule has 3 aromatic rings. The van der Waals surface area contributed by atoms with Crippen LogP contribution in [0.5, 0.6) is 0 Å². The summed E-state index contributed by atoms with van der Waals surface area (Å²) in [6.07, 6.45) is 3.72. The van der Waals surface area contributed by atoms with Gasteiger partial charge in [0.15, 0.2) is 0 Å². The number of fused-ring (bicyclic) bond motifs is 1. The van der Waals surface area contributed by atoms with Crippen LogP contribution in [0.4, 0.5) is 4.39 Å². The molecule has 19 heavy (non-hydrogen) atoms. The van der Waals surface area contributed by atoms with Gasteiger partial charge in [-0.05, 0) is 47.3 Å². The van der Waals surface area contributed by atoms with Crippen molar-refractivity contribution in [3.63, 3.8) is 0 Å². The van der Waals surface area contributed by atoms with Crippen LogP contribution in [0.3, 0.4) is 0 Å². The molecule has 0 saturated carbocycles. The van der Waals surface area contributed by atoms with Gasteiger partial charge in [0.25, 0.3) is 0 Å². The molecule has 0 bridgehead atoms. The minimum absolute atomic E-state index is 0.218. The van der Waals surface area contributed by atoms with Gasteiger partial charge in [-0.1, -0.05) is 0 Å². The van der Waals surface area contributed by atoms with Gasteiger partial charge in [-0.15, -0.1) is 0 Å². The van der Waals surface area contributed by atoms with Crippen molar-refractivity contribution in [2.24, 2.45) is 5.73 Å². The minimum atomic E-state index is -0.218. The smallest absolute Gasteiger partial charge is 0.125 e. The van der Waals surface area contributed by atoms with Crippen LogP contribution in [0.2, 0.25) is 0 Å². The lowest BCUT2D eigenvalue weighted by Crippen LogP contribution is -2.03. The zero-order valence-corrected chi connectivity index (χ0v) is 10.4. The van der Waals surface area contributed by atoms with E-state index >= 15 is 0 Å². The fraction of sp³-hybridized carbons (Fsp3) is 0.133. The second kappa shape index (κ2) is 4.82. The first-order valence-corrected chi connectivity index (χ1v) is 6.14. The molecule has 0 radical (unpaired) electrons. The Kier molecular flexibility index (Phi) is 3.01. The van der Waals surface area contributed by atoms with Crippen LogP contribution in [0.25, 0.3) is 10.9 Å². The van der Waals surface area contributed by atoms with Gasteiger partial charge >= 0.3 is 0 Å². The molecular weight excluding hydrogens is 241 g/mol. The molecule has 2 N–H and O–H groups in total. The monoisotopic (exact) mass is 255 g/mol. The number of benzene rings is 1. The van der Waals surface area contributed by atoms with E-state index in [2.05, 4.69) is 4.98 Å². The molecule has 0 atom stereocenters. The van der Waals surface area contributed by atoms with Gasteiger partial charge in [-0.25, -0.2) is 4.39 Å². The normalized spacial score (nSPS) is 11.1. The Balaban J connectivity index is 1.98. The summed E-state index contributed by atoms with van der Waals surface area (Å²) < 4.78 is 15.3. The average Bonchev–Trinajstić information content (AvgIpc) is 2.81. The highest BCUT2D eigenvalue weighted by molar-refractivity contribution is 5.80. The Morgan fingerprint density at radius 1 is 1.16 bits per heavy atom. The minimum Gasteiger partial charge on any atom is -0.343 e. The largest absolute Gasteiger partial charge is 0.343 e. The maximum Gasteiger partial charge on any atom is 0.125 e. The zero-order valence-electron chi connectivity index (χ0n) is 10.4. The first kappa shape index (κ1) is 11.9. The molecule has 2 aromatic heterocycles. The van der Waals surface area contributed by atoms with Gasteiger partial charge in [-0.2, -0.15) is 0 Å². The van der Waals surface area contributed by atoms with Gasteiger partial charge in [-0.3, -0.25) is 4.98 Å². The number of halogens is 1. The zero-order chi connectivity index (χ0) is 13.2. The number of nitrogens with two attached hydrogens (primary N) is 1. The molecular formula is C15H14FN3. The first-order valence-electron chi connectivity index (χ1n) is 6.14. The Morgan fingerprint density at radius 3 is 2.89 bits per heavy atom. The molecule has 2 heterocycles. The summed E-state index contributed by atoms with van der Waals surface area (Å²) in [6, 6.07) is 10.7.